The maximum Gasteiger partial charge on any atom is 0.335 e. The highest BCUT2D eigenvalue weighted by Gasteiger charge is 2.02. The molecule has 0 spiro atoms. The third kappa shape index (κ3) is 17.2. The summed E-state index contributed by atoms with van der Waals surface area (Å²) in [6, 6.07) is 6.15. The van der Waals surface area contributed by atoms with Gasteiger partial charge >= 0.3 is 5.97 Å². The molecular weight excluding hydrogens is 412 g/mol. The molecule has 0 fully saturated rings. The molecule has 0 aliphatic carbocycles. The number of hydrogen-bond donors (Lipinski definition) is 2. The van der Waals surface area contributed by atoms with Gasteiger partial charge in [0.05, 0.1) is 5.56 Å². The minimum absolute atomic E-state index is 0.217. The molecule has 0 saturated carbocycles. The van der Waals surface area contributed by atoms with E-state index in [0.717, 1.165) is 12.8 Å². The Balaban J connectivity index is 1.85. The van der Waals surface area contributed by atoms with E-state index in [0.29, 0.717) is 12.2 Å². The highest BCUT2D eigenvalue weighted by atomic mass is 16.5. The van der Waals surface area contributed by atoms with E-state index in [1.807, 2.05) is 0 Å². The molecule has 2 N–H and O–H groups in total. The number of benzene rings is 1. The Bertz CT molecular complexity index is 621. The van der Waals surface area contributed by atoms with E-state index in [4.69, 9.17) is 9.84 Å². The first kappa shape index (κ1) is 29.1. The predicted molar refractivity (Wildman–Crippen MR) is 138 cm³/mol. The second kappa shape index (κ2) is 20.6. The molecule has 0 atom stereocenters. The fourth-order valence-electron chi connectivity index (χ4n) is 4.08. The molecule has 1 rings (SSSR count). The molecule has 4 heteroatoms. The molecule has 0 unspecified atom stereocenters. The standard InChI is InChI=1S/C29H48O4/c1-2-3-4-5-6-7-8-9-10-11-12-13-14-15-16-17-18-19-20-27(30)25-33-28-23-21-26(22-24-28)29(31)32/h21-25,30H,2-20H2,1H3,(H,31,32). The van der Waals surface area contributed by atoms with Crippen molar-refractivity contribution in [3.8, 4) is 5.75 Å². The van der Waals surface area contributed by atoms with E-state index in [2.05, 4.69) is 6.92 Å². The summed E-state index contributed by atoms with van der Waals surface area (Å²) in [4.78, 5) is 10.8. The van der Waals surface area contributed by atoms with Crippen LogP contribution in [0.15, 0.2) is 36.3 Å². The van der Waals surface area contributed by atoms with Gasteiger partial charge in [-0.1, -0.05) is 116 Å². The monoisotopic (exact) mass is 460 g/mol. The van der Waals surface area contributed by atoms with Gasteiger partial charge in [0.15, 0.2) is 0 Å². The van der Waals surface area contributed by atoms with Gasteiger partial charge in [-0.25, -0.2) is 4.79 Å². The molecule has 0 aliphatic heterocycles. The van der Waals surface area contributed by atoms with Gasteiger partial charge in [0.2, 0.25) is 0 Å². The van der Waals surface area contributed by atoms with Gasteiger partial charge in [0.25, 0.3) is 0 Å². The zero-order valence-corrected chi connectivity index (χ0v) is 21.0. The largest absolute Gasteiger partial charge is 0.509 e. The summed E-state index contributed by atoms with van der Waals surface area (Å²) in [6.45, 7) is 2.28. The first-order valence-corrected chi connectivity index (χ1v) is 13.5. The number of ether oxygens (including phenoxy) is 1. The van der Waals surface area contributed by atoms with Crippen LogP contribution in [0.1, 0.15) is 139 Å². The number of carbonyl (C=O) groups is 1. The van der Waals surface area contributed by atoms with Crippen molar-refractivity contribution >= 4 is 5.97 Å². The number of unbranched alkanes of at least 4 members (excludes halogenated alkanes) is 17. The number of hydrogen-bond acceptors (Lipinski definition) is 3. The van der Waals surface area contributed by atoms with E-state index >= 15 is 0 Å². The third-order valence-electron chi connectivity index (χ3n) is 6.22. The lowest BCUT2D eigenvalue weighted by Crippen LogP contribution is -1.95. The van der Waals surface area contributed by atoms with Crippen LogP contribution in [0.2, 0.25) is 0 Å². The van der Waals surface area contributed by atoms with E-state index in [1.54, 1.807) is 12.1 Å². The zero-order chi connectivity index (χ0) is 24.0. The Morgan fingerprint density at radius 3 is 1.45 bits per heavy atom. The number of aromatic carboxylic acids is 1. The summed E-state index contributed by atoms with van der Waals surface area (Å²) >= 11 is 0. The van der Waals surface area contributed by atoms with Crippen LogP contribution in [0, 0.1) is 0 Å². The van der Waals surface area contributed by atoms with Crippen molar-refractivity contribution in [3.63, 3.8) is 0 Å². The minimum Gasteiger partial charge on any atom is -0.509 e. The predicted octanol–water partition coefficient (Wildman–Crippen LogP) is 9.59. The van der Waals surface area contributed by atoms with Gasteiger partial charge in [-0.3, -0.25) is 0 Å². The van der Waals surface area contributed by atoms with E-state index in [-0.39, 0.29) is 11.3 Å². The van der Waals surface area contributed by atoms with Crippen LogP contribution in [0.5, 0.6) is 5.75 Å². The van der Waals surface area contributed by atoms with Gasteiger partial charge in [-0.2, -0.15) is 0 Å². The first-order chi connectivity index (χ1) is 16.1. The van der Waals surface area contributed by atoms with Crippen LogP contribution >= 0.6 is 0 Å². The molecule has 0 aliphatic rings. The minimum atomic E-state index is -0.964. The highest BCUT2D eigenvalue weighted by Crippen LogP contribution is 2.16. The van der Waals surface area contributed by atoms with Crippen molar-refractivity contribution in [2.45, 2.75) is 129 Å². The second-order valence-corrected chi connectivity index (χ2v) is 9.32. The van der Waals surface area contributed by atoms with Crippen LogP contribution in [-0.4, -0.2) is 16.2 Å². The molecule has 0 heterocycles. The van der Waals surface area contributed by atoms with Crippen LogP contribution in [0.4, 0.5) is 0 Å². The van der Waals surface area contributed by atoms with Gasteiger partial charge in [0.1, 0.15) is 17.8 Å². The molecule has 0 amide bonds. The third-order valence-corrected chi connectivity index (χ3v) is 6.22. The quantitative estimate of drug-likeness (QED) is 0.133. The van der Waals surface area contributed by atoms with Crippen LogP contribution in [0.3, 0.4) is 0 Å². The van der Waals surface area contributed by atoms with Gasteiger partial charge < -0.3 is 14.9 Å². The topological polar surface area (TPSA) is 66.8 Å². The summed E-state index contributed by atoms with van der Waals surface area (Å²) < 4.78 is 5.39. The molecular formula is C29H48O4. The number of aliphatic hydroxyl groups excluding tert-OH is 1. The van der Waals surface area contributed by atoms with E-state index in [9.17, 15) is 9.90 Å². The number of aliphatic hydroxyl groups is 1. The van der Waals surface area contributed by atoms with Crippen molar-refractivity contribution in [3.05, 3.63) is 41.9 Å². The summed E-state index contributed by atoms with van der Waals surface area (Å²) in [5, 5.41) is 18.8. The van der Waals surface area contributed by atoms with Gasteiger partial charge in [-0.15, -0.1) is 0 Å². The molecule has 33 heavy (non-hydrogen) atoms. The number of carboxylic acid groups (broad SMARTS) is 1. The Morgan fingerprint density at radius 2 is 1.06 bits per heavy atom. The SMILES string of the molecule is CCCCCCCCCCCCCCCCCCCCC(O)=COc1ccc(C(=O)O)cc1. The van der Waals surface area contributed by atoms with Crippen LogP contribution in [-0.2, 0) is 0 Å². The van der Waals surface area contributed by atoms with Crippen molar-refractivity contribution in [2.24, 2.45) is 0 Å². The molecule has 1 aromatic rings. The van der Waals surface area contributed by atoms with E-state index < -0.39 is 5.97 Å². The summed E-state index contributed by atoms with van der Waals surface area (Å²) in [6.07, 6.45) is 26.2. The lowest BCUT2D eigenvalue weighted by molar-refractivity contribution is 0.0697. The number of rotatable bonds is 22. The van der Waals surface area contributed by atoms with Crippen molar-refractivity contribution in [2.75, 3.05) is 0 Å². The number of carboxylic acids is 1. The molecule has 0 saturated heterocycles. The fraction of sp³-hybridized carbons (Fsp3) is 0.690. The molecule has 0 aromatic heterocycles. The maximum absolute atomic E-state index is 10.8. The lowest BCUT2D eigenvalue weighted by Gasteiger charge is -2.05. The van der Waals surface area contributed by atoms with Crippen molar-refractivity contribution in [1.29, 1.82) is 0 Å². The zero-order valence-electron chi connectivity index (χ0n) is 21.0. The first-order valence-electron chi connectivity index (χ1n) is 13.5. The maximum atomic E-state index is 10.8. The summed E-state index contributed by atoms with van der Waals surface area (Å²) in [5.74, 6) is -0.216. The summed E-state index contributed by atoms with van der Waals surface area (Å²) in [7, 11) is 0. The highest BCUT2D eigenvalue weighted by molar-refractivity contribution is 5.87. The Morgan fingerprint density at radius 1 is 0.667 bits per heavy atom. The van der Waals surface area contributed by atoms with Crippen LogP contribution in [0.25, 0.3) is 0 Å². The molecule has 0 radical (unpaired) electrons. The Labute approximate surface area is 202 Å². The molecule has 1 aromatic carbocycles. The molecule has 4 nitrogen and oxygen atoms in total. The normalized spacial score (nSPS) is 11.6. The van der Waals surface area contributed by atoms with Gasteiger partial charge in [-0.05, 0) is 30.7 Å². The average molecular weight is 461 g/mol. The lowest BCUT2D eigenvalue weighted by atomic mass is 10.0. The molecule has 188 valence electrons. The van der Waals surface area contributed by atoms with Crippen LogP contribution < -0.4 is 4.74 Å². The summed E-state index contributed by atoms with van der Waals surface area (Å²) in [5.41, 5.74) is 0.217. The second-order valence-electron chi connectivity index (χ2n) is 9.32. The van der Waals surface area contributed by atoms with E-state index in [1.165, 1.54) is 121 Å². The smallest absolute Gasteiger partial charge is 0.335 e. The Kier molecular flexibility index (Phi) is 18.2. The van der Waals surface area contributed by atoms with Gasteiger partial charge in [0, 0.05) is 6.42 Å². The van der Waals surface area contributed by atoms with Crippen molar-refractivity contribution in [1.82, 2.24) is 0 Å². The Hall–Kier alpha value is -1.97. The fourth-order valence-corrected chi connectivity index (χ4v) is 4.08. The van der Waals surface area contributed by atoms with Crippen molar-refractivity contribution < 1.29 is 19.7 Å². The molecule has 0 bridgehead atoms. The average Bonchev–Trinajstić information content (AvgIpc) is 2.82. The number of allylic oxidation sites excluding steroid dienone is 1.